The summed E-state index contributed by atoms with van der Waals surface area (Å²) in [6, 6.07) is 2.48. The van der Waals surface area contributed by atoms with Gasteiger partial charge in [-0.1, -0.05) is 79.0 Å². The molecule has 2 aromatic rings. The lowest BCUT2D eigenvalue weighted by atomic mass is 9.79. The molecule has 0 aromatic heterocycles. The summed E-state index contributed by atoms with van der Waals surface area (Å²) in [5.41, 5.74) is 11.7. The molecule has 0 unspecified atom stereocenters. The number of hydrogen-bond donors (Lipinski definition) is 0. The molecule has 0 aliphatic heterocycles. The van der Waals surface area contributed by atoms with Crippen LogP contribution in [0.2, 0.25) is 0 Å². The Hall–Kier alpha value is -2.08. The van der Waals surface area contributed by atoms with Crippen molar-refractivity contribution in [3.8, 4) is 0 Å². The van der Waals surface area contributed by atoms with Gasteiger partial charge in [0.15, 0.2) is 0 Å². The molecule has 0 nitrogen and oxygen atoms in total. The van der Waals surface area contributed by atoms with Crippen molar-refractivity contribution in [3.63, 3.8) is 0 Å². The molecule has 0 aliphatic carbocycles. The van der Waals surface area contributed by atoms with Gasteiger partial charge in [-0.05, 0) is 93.8 Å². The van der Waals surface area contributed by atoms with Gasteiger partial charge >= 0.3 is 0 Å². The van der Waals surface area contributed by atoms with Crippen LogP contribution in [0.3, 0.4) is 0 Å². The highest BCUT2D eigenvalue weighted by Gasteiger charge is 2.21. The minimum atomic E-state index is 1.04. The molecule has 0 heteroatoms. The van der Waals surface area contributed by atoms with Crippen molar-refractivity contribution in [3.05, 3.63) is 76.4 Å². The van der Waals surface area contributed by atoms with Crippen LogP contribution in [-0.4, -0.2) is 0 Å². The predicted octanol–water partition coefficient (Wildman–Crippen LogP) is 7.97. The third-order valence-corrected chi connectivity index (χ3v) is 6.15. The average molecular weight is 375 g/mol. The summed E-state index contributed by atoms with van der Waals surface area (Å²) >= 11 is 0. The lowest BCUT2D eigenvalue weighted by Gasteiger charge is -2.26. The third-order valence-electron chi connectivity index (χ3n) is 6.15. The van der Waals surface area contributed by atoms with E-state index in [-0.39, 0.29) is 0 Å². The van der Waals surface area contributed by atoms with E-state index >= 15 is 0 Å². The second-order valence-electron chi connectivity index (χ2n) is 7.47. The summed E-state index contributed by atoms with van der Waals surface area (Å²) in [4.78, 5) is 0. The second kappa shape index (κ2) is 9.92. The first-order valence-electron chi connectivity index (χ1n) is 11.2. The van der Waals surface area contributed by atoms with Gasteiger partial charge in [0.25, 0.3) is 0 Å². The molecule has 0 N–H and O–H groups in total. The first-order chi connectivity index (χ1) is 13.5. The van der Waals surface area contributed by atoms with E-state index in [0.29, 0.717) is 0 Å². The molecule has 0 atom stereocenters. The second-order valence-corrected chi connectivity index (χ2v) is 7.47. The summed E-state index contributed by atoms with van der Waals surface area (Å²) in [5, 5.41) is 2.92. The van der Waals surface area contributed by atoms with Crippen LogP contribution in [0.25, 0.3) is 16.3 Å². The van der Waals surface area contributed by atoms with Crippen molar-refractivity contribution in [1.29, 1.82) is 0 Å². The van der Waals surface area contributed by atoms with E-state index in [9.17, 15) is 0 Å². The standard InChI is InChI=1S/C28H38/c1-9-16-17-19(8)27-24(14-6)22(12-4)25(15-7)28-23(13-5)21(11-3)20(10-2)18-26(27)28/h9,16-18H,1,8,10-15H2,2-7H3. The Balaban J connectivity index is 3.19. The number of allylic oxidation sites excluding steroid dienone is 4. The SMILES string of the molecule is C=CC=CC(=C)c1c(CC)c(CC)c(CC)c2c(CC)c(CC)c(CC)cc12. The maximum absolute atomic E-state index is 4.47. The quantitative estimate of drug-likeness (QED) is 0.390. The summed E-state index contributed by atoms with van der Waals surface area (Å²) in [6.45, 7) is 22.1. The molecule has 0 aliphatic rings. The topological polar surface area (TPSA) is 0 Å². The number of benzene rings is 2. The molecule has 0 spiro atoms. The predicted molar refractivity (Wildman–Crippen MR) is 129 cm³/mol. The Kier molecular flexibility index (Phi) is 7.87. The number of hydrogen-bond acceptors (Lipinski definition) is 0. The van der Waals surface area contributed by atoms with Crippen LogP contribution < -0.4 is 0 Å². The molecule has 28 heavy (non-hydrogen) atoms. The van der Waals surface area contributed by atoms with Gasteiger partial charge < -0.3 is 0 Å². The fourth-order valence-corrected chi connectivity index (χ4v) is 5.02. The monoisotopic (exact) mass is 374 g/mol. The van der Waals surface area contributed by atoms with Crippen molar-refractivity contribution in [2.24, 2.45) is 0 Å². The Labute approximate surface area is 173 Å². The van der Waals surface area contributed by atoms with Crippen LogP contribution in [-0.2, 0) is 38.5 Å². The number of fused-ring (bicyclic) bond motifs is 1. The van der Waals surface area contributed by atoms with Crippen molar-refractivity contribution in [2.45, 2.75) is 80.1 Å². The van der Waals surface area contributed by atoms with Gasteiger partial charge in [0.05, 0.1) is 0 Å². The Bertz CT molecular complexity index is 896. The van der Waals surface area contributed by atoms with Gasteiger partial charge in [0.2, 0.25) is 0 Å². The Morgan fingerprint density at radius 1 is 0.750 bits per heavy atom. The normalized spacial score (nSPS) is 11.5. The van der Waals surface area contributed by atoms with E-state index in [1.807, 2.05) is 12.2 Å². The first kappa shape index (κ1) is 22.2. The molecular formula is C28H38. The minimum absolute atomic E-state index is 1.04. The van der Waals surface area contributed by atoms with Gasteiger partial charge in [-0.2, -0.15) is 0 Å². The van der Waals surface area contributed by atoms with Crippen LogP contribution in [0.1, 0.15) is 80.5 Å². The van der Waals surface area contributed by atoms with E-state index in [1.165, 1.54) is 27.5 Å². The summed E-state index contributed by atoms with van der Waals surface area (Å²) < 4.78 is 0. The van der Waals surface area contributed by atoms with Gasteiger partial charge in [0.1, 0.15) is 0 Å². The molecular weight excluding hydrogens is 336 g/mol. The van der Waals surface area contributed by atoms with Crippen molar-refractivity contribution in [2.75, 3.05) is 0 Å². The van der Waals surface area contributed by atoms with Gasteiger partial charge in [-0.3, -0.25) is 0 Å². The Morgan fingerprint density at radius 2 is 1.29 bits per heavy atom. The first-order valence-corrected chi connectivity index (χ1v) is 11.2. The third kappa shape index (κ3) is 3.75. The summed E-state index contributed by atoms with van der Waals surface area (Å²) in [6.07, 6.45) is 12.5. The van der Waals surface area contributed by atoms with E-state index in [4.69, 9.17) is 0 Å². The van der Waals surface area contributed by atoms with Crippen LogP contribution in [0.15, 0.2) is 37.5 Å². The largest absolute Gasteiger partial charge is 0.0991 e. The highest BCUT2D eigenvalue weighted by Crippen LogP contribution is 2.40. The zero-order valence-corrected chi connectivity index (χ0v) is 19.0. The maximum Gasteiger partial charge on any atom is -0.00762 e. The van der Waals surface area contributed by atoms with E-state index in [2.05, 4.69) is 66.8 Å². The van der Waals surface area contributed by atoms with E-state index in [1.54, 1.807) is 22.3 Å². The fourth-order valence-electron chi connectivity index (χ4n) is 5.02. The molecule has 150 valence electrons. The lowest BCUT2D eigenvalue weighted by molar-refractivity contribution is 0.967. The molecule has 0 bridgehead atoms. The van der Waals surface area contributed by atoms with Crippen molar-refractivity contribution >= 4 is 16.3 Å². The zero-order valence-electron chi connectivity index (χ0n) is 19.0. The Morgan fingerprint density at radius 3 is 1.75 bits per heavy atom. The van der Waals surface area contributed by atoms with Gasteiger partial charge in [0, 0.05) is 0 Å². The van der Waals surface area contributed by atoms with Crippen molar-refractivity contribution < 1.29 is 0 Å². The molecule has 0 radical (unpaired) electrons. The zero-order chi connectivity index (χ0) is 20.8. The van der Waals surface area contributed by atoms with Crippen molar-refractivity contribution in [1.82, 2.24) is 0 Å². The van der Waals surface area contributed by atoms with E-state index in [0.717, 1.165) is 44.1 Å². The highest BCUT2D eigenvalue weighted by atomic mass is 14.3. The smallest absolute Gasteiger partial charge is 0.00762 e. The molecule has 0 saturated carbocycles. The molecule has 2 aromatic carbocycles. The molecule has 0 saturated heterocycles. The molecule has 0 fully saturated rings. The van der Waals surface area contributed by atoms with Crippen LogP contribution in [0.4, 0.5) is 0 Å². The average Bonchev–Trinajstić information content (AvgIpc) is 2.73. The van der Waals surface area contributed by atoms with E-state index < -0.39 is 0 Å². The minimum Gasteiger partial charge on any atom is -0.0991 e. The molecule has 0 amide bonds. The van der Waals surface area contributed by atoms with Gasteiger partial charge in [-0.25, -0.2) is 0 Å². The van der Waals surface area contributed by atoms with Crippen LogP contribution in [0, 0.1) is 0 Å². The fraction of sp³-hybridized carbons (Fsp3) is 0.429. The molecule has 2 rings (SSSR count). The van der Waals surface area contributed by atoms with Gasteiger partial charge in [-0.15, -0.1) is 0 Å². The summed E-state index contributed by atoms with van der Waals surface area (Å²) in [5.74, 6) is 0. The van der Waals surface area contributed by atoms with Crippen LogP contribution >= 0.6 is 0 Å². The highest BCUT2D eigenvalue weighted by molar-refractivity contribution is 6.02. The number of rotatable bonds is 9. The number of aryl methyl sites for hydroxylation is 3. The summed E-state index contributed by atoms with van der Waals surface area (Å²) in [7, 11) is 0. The maximum atomic E-state index is 4.47. The lowest BCUT2D eigenvalue weighted by Crippen LogP contribution is -2.09. The van der Waals surface area contributed by atoms with Crippen LogP contribution in [0.5, 0.6) is 0 Å². The molecule has 0 heterocycles.